The maximum absolute atomic E-state index is 4.58. The number of H-pyrrole nitrogens is 1. The molecule has 4 rings (SSSR count). The molecule has 0 aliphatic carbocycles. The van der Waals surface area contributed by atoms with Gasteiger partial charge >= 0.3 is 0 Å². The third kappa shape index (κ3) is 3.15. The number of aromatic amines is 1. The van der Waals surface area contributed by atoms with Crippen LogP contribution in [0.1, 0.15) is 20.8 Å². The molecule has 4 aromatic rings. The minimum atomic E-state index is 0.172. The van der Waals surface area contributed by atoms with Crippen LogP contribution in [0.25, 0.3) is 33.2 Å². The predicted octanol–water partition coefficient (Wildman–Crippen LogP) is 4.03. The molecular weight excluding hydrogens is 312 g/mol. The summed E-state index contributed by atoms with van der Waals surface area (Å²) in [4.78, 5) is 21.0. The molecule has 0 saturated heterocycles. The standard InChI is InChI=1S/C19H20N6/c1-19(2,3)11-24-18-23-10-14-13(9-22-17(14)25-18)12-4-5-15-16(8-12)21-7-6-20-15/h4-10H,11H2,1-3H3,(H2,22,23,24,25). The molecule has 1 aromatic carbocycles. The predicted molar refractivity (Wildman–Crippen MR) is 100 cm³/mol. The second-order valence-corrected chi connectivity index (χ2v) is 7.33. The van der Waals surface area contributed by atoms with Gasteiger partial charge in [0.2, 0.25) is 5.95 Å². The van der Waals surface area contributed by atoms with Crippen LogP contribution in [0.3, 0.4) is 0 Å². The first-order valence-corrected chi connectivity index (χ1v) is 8.29. The molecule has 0 fully saturated rings. The van der Waals surface area contributed by atoms with Crippen LogP contribution in [-0.2, 0) is 0 Å². The first kappa shape index (κ1) is 15.5. The van der Waals surface area contributed by atoms with Crippen molar-refractivity contribution < 1.29 is 0 Å². The topological polar surface area (TPSA) is 79.4 Å². The molecule has 0 aliphatic rings. The molecule has 0 spiro atoms. The van der Waals surface area contributed by atoms with E-state index in [0.29, 0.717) is 5.95 Å². The van der Waals surface area contributed by atoms with Crippen LogP contribution in [0, 0.1) is 5.41 Å². The Morgan fingerprint density at radius 1 is 1.04 bits per heavy atom. The average molecular weight is 332 g/mol. The van der Waals surface area contributed by atoms with Crippen molar-refractivity contribution in [2.45, 2.75) is 20.8 Å². The van der Waals surface area contributed by atoms with E-state index in [0.717, 1.165) is 39.7 Å². The molecular formula is C19H20N6. The lowest BCUT2D eigenvalue weighted by Crippen LogP contribution is -2.20. The smallest absolute Gasteiger partial charge is 0.224 e. The van der Waals surface area contributed by atoms with Crippen LogP contribution in [0.15, 0.2) is 43.0 Å². The van der Waals surface area contributed by atoms with Gasteiger partial charge in [-0.25, -0.2) is 4.98 Å². The summed E-state index contributed by atoms with van der Waals surface area (Å²) < 4.78 is 0. The molecule has 0 radical (unpaired) electrons. The van der Waals surface area contributed by atoms with Crippen molar-refractivity contribution >= 4 is 28.0 Å². The van der Waals surface area contributed by atoms with E-state index in [9.17, 15) is 0 Å². The molecule has 3 heterocycles. The van der Waals surface area contributed by atoms with Crippen molar-refractivity contribution in [1.29, 1.82) is 0 Å². The molecule has 0 atom stereocenters. The third-order valence-corrected chi connectivity index (χ3v) is 3.99. The van der Waals surface area contributed by atoms with Gasteiger partial charge in [-0.2, -0.15) is 4.98 Å². The molecule has 6 heteroatoms. The van der Waals surface area contributed by atoms with Gasteiger partial charge in [0.1, 0.15) is 5.65 Å². The highest BCUT2D eigenvalue weighted by Crippen LogP contribution is 2.29. The first-order chi connectivity index (χ1) is 12.0. The number of fused-ring (bicyclic) bond motifs is 2. The Hall–Kier alpha value is -3.02. The van der Waals surface area contributed by atoms with Crippen LogP contribution in [0.4, 0.5) is 5.95 Å². The van der Waals surface area contributed by atoms with Crippen molar-refractivity contribution in [3.05, 3.63) is 43.0 Å². The Balaban J connectivity index is 1.70. The van der Waals surface area contributed by atoms with Gasteiger partial charge in [0.15, 0.2) is 0 Å². The lowest BCUT2D eigenvalue weighted by atomic mass is 9.97. The summed E-state index contributed by atoms with van der Waals surface area (Å²) in [6.07, 6.45) is 7.23. The van der Waals surface area contributed by atoms with Crippen LogP contribution >= 0.6 is 0 Å². The molecule has 6 nitrogen and oxygen atoms in total. The number of nitrogens with zero attached hydrogens (tertiary/aromatic N) is 4. The van der Waals surface area contributed by atoms with Gasteiger partial charge in [-0.15, -0.1) is 0 Å². The molecule has 0 unspecified atom stereocenters. The van der Waals surface area contributed by atoms with E-state index in [1.165, 1.54) is 0 Å². The van der Waals surface area contributed by atoms with Gasteiger partial charge < -0.3 is 10.3 Å². The lowest BCUT2D eigenvalue weighted by Gasteiger charge is -2.18. The van der Waals surface area contributed by atoms with Crippen molar-refractivity contribution in [3.63, 3.8) is 0 Å². The average Bonchev–Trinajstić information content (AvgIpc) is 3.02. The fraction of sp³-hybridized carbons (Fsp3) is 0.263. The quantitative estimate of drug-likeness (QED) is 0.592. The molecule has 0 bridgehead atoms. The molecule has 126 valence electrons. The van der Waals surface area contributed by atoms with E-state index < -0.39 is 0 Å². The van der Waals surface area contributed by atoms with E-state index in [1.54, 1.807) is 12.4 Å². The number of nitrogens with one attached hydrogen (secondary N) is 2. The van der Waals surface area contributed by atoms with Gasteiger partial charge in [-0.3, -0.25) is 9.97 Å². The van der Waals surface area contributed by atoms with E-state index in [1.807, 2.05) is 30.6 Å². The molecule has 0 aliphatic heterocycles. The zero-order valence-corrected chi connectivity index (χ0v) is 14.5. The zero-order chi connectivity index (χ0) is 17.4. The molecule has 3 aromatic heterocycles. The summed E-state index contributed by atoms with van der Waals surface area (Å²) in [5, 5.41) is 4.28. The first-order valence-electron chi connectivity index (χ1n) is 8.29. The number of aromatic nitrogens is 5. The fourth-order valence-corrected chi connectivity index (χ4v) is 2.71. The van der Waals surface area contributed by atoms with Crippen molar-refractivity contribution in [2.24, 2.45) is 5.41 Å². The minimum Gasteiger partial charge on any atom is -0.354 e. The van der Waals surface area contributed by atoms with Crippen LogP contribution in [0.2, 0.25) is 0 Å². The van der Waals surface area contributed by atoms with Crippen molar-refractivity contribution in [3.8, 4) is 11.1 Å². The largest absolute Gasteiger partial charge is 0.354 e. The van der Waals surface area contributed by atoms with E-state index in [4.69, 9.17) is 0 Å². The van der Waals surface area contributed by atoms with Gasteiger partial charge in [0, 0.05) is 42.3 Å². The van der Waals surface area contributed by atoms with E-state index >= 15 is 0 Å². The summed E-state index contributed by atoms with van der Waals surface area (Å²) in [5.74, 6) is 0.639. The van der Waals surface area contributed by atoms with E-state index in [-0.39, 0.29) is 5.41 Å². The summed E-state index contributed by atoms with van der Waals surface area (Å²) in [5.41, 5.74) is 4.88. The zero-order valence-electron chi connectivity index (χ0n) is 14.5. The van der Waals surface area contributed by atoms with Gasteiger partial charge in [0.25, 0.3) is 0 Å². The van der Waals surface area contributed by atoms with E-state index in [2.05, 4.69) is 51.0 Å². The van der Waals surface area contributed by atoms with Crippen LogP contribution in [-0.4, -0.2) is 31.5 Å². The second kappa shape index (κ2) is 5.81. The Kier molecular flexibility index (Phi) is 3.60. The summed E-state index contributed by atoms with van der Waals surface area (Å²) in [6.45, 7) is 7.34. The summed E-state index contributed by atoms with van der Waals surface area (Å²) in [7, 11) is 0. The second-order valence-electron chi connectivity index (χ2n) is 7.33. The fourth-order valence-electron chi connectivity index (χ4n) is 2.71. The normalized spacial score (nSPS) is 12.0. The van der Waals surface area contributed by atoms with Gasteiger partial charge in [-0.05, 0) is 23.1 Å². The Labute approximate surface area is 145 Å². The van der Waals surface area contributed by atoms with Crippen molar-refractivity contribution in [1.82, 2.24) is 24.9 Å². The number of anilines is 1. The lowest BCUT2D eigenvalue weighted by molar-refractivity contribution is 0.442. The number of hydrogen-bond donors (Lipinski definition) is 2. The van der Waals surface area contributed by atoms with Crippen LogP contribution in [0.5, 0.6) is 0 Å². The minimum absolute atomic E-state index is 0.172. The summed E-state index contributed by atoms with van der Waals surface area (Å²) in [6, 6.07) is 6.07. The Morgan fingerprint density at radius 3 is 2.64 bits per heavy atom. The number of benzene rings is 1. The van der Waals surface area contributed by atoms with Crippen LogP contribution < -0.4 is 5.32 Å². The molecule has 25 heavy (non-hydrogen) atoms. The maximum atomic E-state index is 4.58. The van der Waals surface area contributed by atoms with Gasteiger partial charge in [0.05, 0.1) is 11.0 Å². The van der Waals surface area contributed by atoms with Crippen molar-refractivity contribution in [2.75, 3.05) is 11.9 Å². The maximum Gasteiger partial charge on any atom is 0.224 e. The highest BCUT2D eigenvalue weighted by molar-refractivity contribution is 5.95. The highest BCUT2D eigenvalue weighted by Gasteiger charge is 2.13. The molecule has 0 saturated carbocycles. The SMILES string of the molecule is CC(C)(C)CNc1ncc2c(-c3ccc4nccnc4c3)c[nH]c2n1. The monoisotopic (exact) mass is 332 g/mol. The third-order valence-electron chi connectivity index (χ3n) is 3.99. The van der Waals surface area contributed by atoms with Gasteiger partial charge in [-0.1, -0.05) is 26.8 Å². The highest BCUT2D eigenvalue weighted by atomic mass is 15.1. The molecule has 0 amide bonds. The summed E-state index contributed by atoms with van der Waals surface area (Å²) >= 11 is 0. The number of rotatable bonds is 3. The Bertz CT molecular complexity index is 1040. The molecule has 2 N–H and O–H groups in total. The number of hydrogen-bond acceptors (Lipinski definition) is 5. The Morgan fingerprint density at radius 2 is 1.84 bits per heavy atom.